The van der Waals surface area contributed by atoms with Crippen LogP contribution in [0.5, 0.6) is 0 Å². The van der Waals surface area contributed by atoms with Gasteiger partial charge in [-0.05, 0) is 74.2 Å². The van der Waals surface area contributed by atoms with Crippen LogP contribution in [-0.4, -0.2) is 4.98 Å². The lowest BCUT2D eigenvalue weighted by Crippen LogP contribution is -1.87. The zero-order valence-electron chi connectivity index (χ0n) is 17.7. The molecule has 2 aromatic heterocycles. The zero-order valence-corrected chi connectivity index (χ0v) is 18.5. The topological polar surface area (TPSA) is 12.9 Å². The average molecular weight is 400 g/mol. The van der Waals surface area contributed by atoms with Gasteiger partial charge in [0, 0.05) is 12.4 Å². The van der Waals surface area contributed by atoms with Gasteiger partial charge < -0.3 is 0 Å². The highest BCUT2D eigenvalue weighted by atomic mass is 32.1. The molecule has 2 aromatic carbocycles. The fraction of sp³-hybridized carbons (Fsp3) is 0.222. The van der Waals surface area contributed by atoms with Crippen LogP contribution in [-0.2, 0) is 0 Å². The number of nitrogens with zero attached hydrogens (tertiary/aromatic N) is 1. The molecular formula is C27H29NS. The van der Waals surface area contributed by atoms with E-state index in [2.05, 4.69) is 98.0 Å². The fourth-order valence-corrected chi connectivity index (χ4v) is 3.79. The van der Waals surface area contributed by atoms with E-state index in [1.54, 1.807) is 11.3 Å². The van der Waals surface area contributed by atoms with Crippen molar-refractivity contribution in [3.8, 4) is 22.3 Å². The molecule has 0 atom stereocenters. The lowest BCUT2D eigenvalue weighted by Gasteiger charge is -2.07. The second kappa shape index (κ2) is 10.2. The van der Waals surface area contributed by atoms with Crippen LogP contribution in [0, 0.1) is 0 Å². The third-order valence-electron chi connectivity index (χ3n) is 4.97. The molecule has 0 amide bonds. The van der Waals surface area contributed by atoms with Crippen LogP contribution in [0.1, 0.15) is 50.7 Å². The zero-order chi connectivity index (χ0) is 20.6. The van der Waals surface area contributed by atoms with Crippen molar-refractivity contribution in [2.45, 2.75) is 39.5 Å². The molecule has 1 nitrogen and oxygen atoms in total. The number of hydrogen-bond donors (Lipinski definition) is 0. The Hall–Kier alpha value is -2.71. The molecule has 4 aromatic rings. The van der Waals surface area contributed by atoms with Gasteiger partial charge in [0.05, 0.1) is 0 Å². The van der Waals surface area contributed by atoms with Crippen LogP contribution in [0.4, 0.5) is 0 Å². The Morgan fingerprint density at radius 3 is 1.66 bits per heavy atom. The minimum atomic E-state index is 0.576. The number of hydrogen-bond acceptors (Lipinski definition) is 2. The number of aromatic nitrogens is 1. The Morgan fingerprint density at radius 1 is 0.621 bits per heavy atom. The standard InChI is InChI=1S/C14H15N.C13H14S/c1-11(2)13-4-3-5-14(10-13)12-6-8-15-9-7-12;1-10(2)11-4-3-5-12(8-11)13-6-7-14-9-13/h3-11H,1-2H3;3-10H,1-2H3. The summed E-state index contributed by atoms with van der Waals surface area (Å²) in [4.78, 5) is 4.03. The SMILES string of the molecule is CC(C)c1cccc(-c2ccncc2)c1.CC(C)c1cccc(-c2ccsc2)c1. The van der Waals surface area contributed by atoms with Crippen LogP contribution in [0.15, 0.2) is 89.9 Å². The van der Waals surface area contributed by atoms with Crippen molar-refractivity contribution in [3.05, 3.63) is 101 Å². The van der Waals surface area contributed by atoms with Crippen molar-refractivity contribution in [1.29, 1.82) is 0 Å². The summed E-state index contributed by atoms with van der Waals surface area (Å²) in [6.45, 7) is 8.89. The monoisotopic (exact) mass is 399 g/mol. The van der Waals surface area contributed by atoms with Gasteiger partial charge in [-0.15, -0.1) is 0 Å². The van der Waals surface area contributed by atoms with Crippen molar-refractivity contribution >= 4 is 11.3 Å². The molecule has 0 N–H and O–H groups in total. The normalized spacial score (nSPS) is 10.7. The Labute approximate surface area is 179 Å². The molecule has 0 aliphatic carbocycles. The molecule has 4 rings (SSSR count). The summed E-state index contributed by atoms with van der Waals surface area (Å²) in [7, 11) is 0. The van der Waals surface area contributed by atoms with E-state index in [0.29, 0.717) is 11.8 Å². The second-order valence-corrected chi connectivity index (χ2v) is 8.59. The maximum absolute atomic E-state index is 4.03. The molecule has 0 aliphatic rings. The Bertz CT molecular complexity index is 1000. The first-order valence-electron chi connectivity index (χ1n) is 10.2. The van der Waals surface area contributed by atoms with E-state index in [-0.39, 0.29) is 0 Å². The number of rotatable bonds is 4. The minimum absolute atomic E-state index is 0.576. The van der Waals surface area contributed by atoms with Crippen LogP contribution in [0.25, 0.3) is 22.3 Å². The Morgan fingerprint density at radius 2 is 1.17 bits per heavy atom. The molecule has 0 aliphatic heterocycles. The van der Waals surface area contributed by atoms with E-state index < -0.39 is 0 Å². The maximum atomic E-state index is 4.03. The van der Waals surface area contributed by atoms with Crippen LogP contribution < -0.4 is 0 Å². The molecule has 29 heavy (non-hydrogen) atoms. The van der Waals surface area contributed by atoms with Gasteiger partial charge in [0.15, 0.2) is 0 Å². The molecule has 0 unspecified atom stereocenters. The van der Waals surface area contributed by atoms with Gasteiger partial charge in [-0.25, -0.2) is 0 Å². The summed E-state index contributed by atoms with van der Waals surface area (Å²) < 4.78 is 0. The molecule has 0 radical (unpaired) electrons. The van der Waals surface area contributed by atoms with Gasteiger partial charge >= 0.3 is 0 Å². The first-order chi connectivity index (χ1) is 14.0. The van der Waals surface area contributed by atoms with Crippen molar-refractivity contribution in [3.63, 3.8) is 0 Å². The van der Waals surface area contributed by atoms with Gasteiger partial charge in [0.25, 0.3) is 0 Å². The minimum Gasteiger partial charge on any atom is -0.265 e. The molecule has 0 fully saturated rings. The molecule has 0 bridgehead atoms. The molecule has 2 heteroatoms. The second-order valence-electron chi connectivity index (χ2n) is 7.81. The van der Waals surface area contributed by atoms with E-state index in [1.807, 2.05) is 24.5 Å². The molecule has 0 spiro atoms. The number of thiophene rings is 1. The highest BCUT2D eigenvalue weighted by Gasteiger charge is 2.02. The largest absolute Gasteiger partial charge is 0.265 e. The van der Waals surface area contributed by atoms with Crippen LogP contribution >= 0.6 is 11.3 Å². The molecule has 2 heterocycles. The maximum Gasteiger partial charge on any atom is 0.0273 e. The van der Waals surface area contributed by atoms with Crippen molar-refractivity contribution < 1.29 is 0 Å². The average Bonchev–Trinajstić information content (AvgIpc) is 3.30. The van der Waals surface area contributed by atoms with Gasteiger partial charge in [0.1, 0.15) is 0 Å². The smallest absolute Gasteiger partial charge is 0.0273 e. The molecular weight excluding hydrogens is 370 g/mol. The van der Waals surface area contributed by atoms with Crippen molar-refractivity contribution in [1.82, 2.24) is 4.98 Å². The highest BCUT2D eigenvalue weighted by Crippen LogP contribution is 2.25. The van der Waals surface area contributed by atoms with E-state index >= 15 is 0 Å². The van der Waals surface area contributed by atoms with Gasteiger partial charge in [-0.3, -0.25) is 4.98 Å². The summed E-state index contributed by atoms with van der Waals surface area (Å²) in [5.74, 6) is 1.18. The van der Waals surface area contributed by atoms with Crippen LogP contribution in [0.2, 0.25) is 0 Å². The predicted octanol–water partition coefficient (Wildman–Crippen LogP) is 8.41. The quantitative estimate of drug-likeness (QED) is 0.335. The van der Waals surface area contributed by atoms with E-state index in [0.717, 1.165) is 0 Å². The lowest BCUT2D eigenvalue weighted by atomic mass is 9.98. The van der Waals surface area contributed by atoms with Gasteiger partial charge in [0.2, 0.25) is 0 Å². The first kappa shape index (κ1) is 21.0. The summed E-state index contributed by atoms with van der Waals surface area (Å²) in [5.41, 5.74) is 7.95. The first-order valence-corrected chi connectivity index (χ1v) is 11.1. The summed E-state index contributed by atoms with van der Waals surface area (Å²) in [6, 6.07) is 23.7. The predicted molar refractivity (Wildman–Crippen MR) is 128 cm³/mol. The van der Waals surface area contributed by atoms with Crippen molar-refractivity contribution in [2.24, 2.45) is 0 Å². The van der Waals surface area contributed by atoms with E-state index in [4.69, 9.17) is 0 Å². The summed E-state index contributed by atoms with van der Waals surface area (Å²) in [6.07, 6.45) is 3.66. The Balaban J connectivity index is 0.000000166. The van der Waals surface area contributed by atoms with E-state index in [1.165, 1.54) is 33.4 Å². The van der Waals surface area contributed by atoms with Gasteiger partial charge in [-0.1, -0.05) is 76.2 Å². The highest BCUT2D eigenvalue weighted by molar-refractivity contribution is 7.08. The third kappa shape index (κ3) is 5.88. The molecule has 0 saturated heterocycles. The van der Waals surface area contributed by atoms with Gasteiger partial charge in [-0.2, -0.15) is 11.3 Å². The number of benzene rings is 2. The summed E-state index contributed by atoms with van der Waals surface area (Å²) >= 11 is 1.75. The fourth-order valence-electron chi connectivity index (χ4n) is 3.13. The van der Waals surface area contributed by atoms with Crippen molar-refractivity contribution in [2.75, 3.05) is 0 Å². The third-order valence-corrected chi connectivity index (χ3v) is 5.66. The number of pyridine rings is 1. The lowest BCUT2D eigenvalue weighted by molar-refractivity contribution is 0.867. The summed E-state index contributed by atoms with van der Waals surface area (Å²) in [5, 5.41) is 4.32. The molecule has 0 saturated carbocycles. The van der Waals surface area contributed by atoms with Crippen LogP contribution in [0.3, 0.4) is 0 Å². The Kier molecular flexibility index (Phi) is 7.37. The van der Waals surface area contributed by atoms with E-state index in [9.17, 15) is 0 Å². The molecule has 148 valence electrons.